The molecule has 0 fully saturated rings. The maximum absolute atomic E-state index is 15.3. The van der Waals surface area contributed by atoms with Gasteiger partial charge in [0, 0.05) is 84.6 Å². The van der Waals surface area contributed by atoms with Crippen LogP contribution in [-0.2, 0) is 31.9 Å². The van der Waals surface area contributed by atoms with E-state index in [2.05, 4.69) is 86.9 Å². The molecular weight excluding hydrogens is 1100 g/mol. The van der Waals surface area contributed by atoms with Crippen LogP contribution in [0.3, 0.4) is 0 Å². The van der Waals surface area contributed by atoms with E-state index in [1.807, 2.05) is 122 Å². The number of aryl methyl sites for hydroxylation is 1. The number of anilines is 4. The SMILES string of the molecule is Cc1ccccc1-c1cc(Oc2[c-]c3c(cc2)c2ccccc2n3-c2cc(C(C)(C)C)ccn2)[c-]c(N2[CH-]N(c3c(-c4cc(F)cc(F)c4)cc(C(C)(C)C)cc3-c3cc(F)cc(F)c3)c3ccccc32)c1.[Pt]. The monoisotopic (exact) mass is 1150 g/mol. The van der Waals surface area contributed by atoms with E-state index in [-0.39, 0.29) is 37.6 Å². The number of pyridine rings is 1. The molecule has 0 spiro atoms. The summed E-state index contributed by atoms with van der Waals surface area (Å²) >= 11 is 0. The van der Waals surface area contributed by atoms with Gasteiger partial charge in [0.2, 0.25) is 0 Å². The van der Waals surface area contributed by atoms with Crippen molar-refractivity contribution < 1.29 is 43.4 Å². The molecule has 8 aromatic carbocycles. The molecule has 5 nitrogen and oxygen atoms in total. The molecule has 1 aliphatic heterocycles. The third kappa shape index (κ3) is 9.32. The van der Waals surface area contributed by atoms with E-state index in [0.717, 1.165) is 73.3 Å². The van der Waals surface area contributed by atoms with Crippen LogP contribution in [0.4, 0.5) is 40.3 Å². The summed E-state index contributed by atoms with van der Waals surface area (Å²) in [6.45, 7) is 16.5. The van der Waals surface area contributed by atoms with Crippen LogP contribution < -0.4 is 14.5 Å². The molecular formula is C63H49F4N4OPt-3. The number of hydrogen-bond donors (Lipinski definition) is 0. The van der Waals surface area contributed by atoms with Crippen molar-refractivity contribution in [3.05, 3.63) is 223 Å². The second-order valence-electron chi connectivity index (χ2n) is 20.5. The standard InChI is InChI=1S/C63H49F4N4O.Pt/c1-38-14-8-9-15-51(38)41-28-48(35-50(29-41)72-49-20-21-53-52-16-10-11-17-56(52)71(59(53)36-49)60-32-42(22-23-68-60)62(2,3)4)69-37-70(58-19-13-12-18-57(58)69)61-54(39-24-44(64)33-45(65)25-39)30-43(63(5,6)7)31-55(61)40-26-46(66)34-47(67)27-40;/h8-34,37H,1-7H3;/q-3;. The number of ether oxygens (including phenoxy) is 1. The number of rotatable bonds is 8. The summed E-state index contributed by atoms with van der Waals surface area (Å²) in [4.78, 5) is 8.75. The molecule has 73 heavy (non-hydrogen) atoms. The molecule has 0 radical (unpaired) electrons. The number of hydrogen-bond acceptors (Lipinski definition) is 4. The van der Waals surface area contributed by atoms with Crippen molar-refractivity contribution in [3.63, 3.8) is 0 Å². The van der Waals surface area contributed by atoms with Gasteiger partial charge in [0.05, 0.1) is 0 Å². The summed E-state index contributed by atoms with van der Waals surface area (Å²) in [5.41, 5.74) is 10.00. The van der Waals surface area contributed by atoms with E-state index in [0.29, 0.717) is 39.7 Å². The Kier molecular flexibility index (Phi) is 12.7. The third-order valence-corrected chi connectivity index (χ3v) is 13.4. The Morgan fingerprint density at radius 3 is 1.73 bits per heavy atom. The maximum atomic E-state index is 15.3. The van der Waals surface area contributed by atoms with E-state index < -0.39 is 28.7 Å². The van der Waals surface area contributed by atoms with E-state index >= 15 is 17.6 Å². The van der Waals surface area contributed by atoms with Gasteiger partial charge in [-0.3, -0.25) is 0 Å². The first-order valence-corrected chi connectivity index (χ1v) is 23.8. The first-order valence-electron chi connectivity index (χ1n) is 23.8. The van der Waals surface area contributed by atoms with Crippen molar-refractivity contribution >= 4 is 44.6 Å². The van der Waals surface area contributed by atoms with Crippen molar-refractivity contribution in [1.82, 2.24) is 9.55 Å². The van der Waals surface area contributed by atoms with Crippen LogP contribution in [0.2, 0.25) is 0 Å². The molecule has 2 aromatic heterocycles. The van der Waals surface area contributed by atoms with Crippen LogP contribution in [0, 0.1) is 49.0 Å². The molecule has 0 amide bonds. The molecule has 0 aliphatic carbocycles. The molecule has 0 N–H and O–H groups in total. The molecule has 0 saturated heterocycles. The average Bonchev–Trinajstić information content (AvgIpc) is 3.88. The summed E-state index contributed by atoms with van der Waals surface area (Å²) in [6, 6.07) is 54.0. The van der Waals surface area contributed by atoms with Gasteiger partial charge in [-0.25, -0.2) is 22.5 Å². The molecule has 10 heteroatoms. The third-order valence-electron chi connectivity index (χ3n) is 13.4. The van der Waals surface area contributed by atoms with Crippen molar-refractivity contribution in [2.75, 3.05) is 9.80 Å². The summed E-state index contributed by atoms with van der Waals surface area (Å²) < 4.78 is 70.2. The van der Waals surface area contributed by atoms with Gasteiger partial charge in [-0.15, -0.1) is 53.6 Å². The van der Waals surface area contributed by atoms with Gasteiger partial charge < -0.3 is 19.1 Å². The zero-order chi connectivity index (χ0) is 50.2. The number of nitrogens with zero attached hydrogens (tertiary/aromatic N) is 4. The largest absolute Gasteiger partial charge is 0.509 e. The van der Waals surface area contributed by atoms with Gasteiger partial charge in [0.25, 0.3) is 0 Å². The number of para-hydroxylation sites is 3. The smallest absolute Gasteiger partial charge is 0.135 e. The Bertz CT molecular complexity index is 3660. The summed E-state index contributed by atoms with van der Waals surface area (Å²) in [6.07, 6.45) is 1.85. The molecule has 0 unspecified atom stereocenters. The Labute approximate surface area is 437 Å². The minimum absolute atomic E-state index is 0. The van der Waals surface area contributed by atoms with Crippen molar-refractivity contribution in [1.29, 1.82) is 0 Å². The molecule has 0 saturated carbocycles. The molecule has 0 atom stereocenters. The normalized spacial score (nSPS) is 12.6. The van der Waals surface area contributed by atoms with Crippen molar-refractivity contribution in [2.24, 2.45) is 0 Å². The Hall–Kier alpha value is -7.48. The minimum atomic E-state index is -0.762. The Morgan fingerprint density at radius 1 is 0.521 bits per heavy atom. The Morgan fingerprint density at radius 2 is 1.10 bits per heavy atom. The number of fused-ring (bicyclic) bond motifs is 4. The van der Waals surface area contributed by atoms with Crippen molar-refractivity contribution in [2.45, 2.75) is 59.3 Å². The van der Waals surface area contributed by atoms with Crippen LogP contribution >= 0.6 is 0 Å². The van der Waals surface area contributed by atoms with Gasteiger partial charge >= 0.3 is 0 Å². The molecule has 368 valence electrons. The van der Waals surface area contributed by atoms with Gasteiger partial charge in [-0.1, -0.05) is 102 Å². The second kappa shape index (κ2) is 18.8. The summed E-state index contributed by atoms with van der Waals surface area (Å²) in [5.74, 6) is -1.39. The molecule has 1 aliphatic rings. The number of benzene rings is 8. The van der Waals surface area contributed by atoms with E-state index in [1.165, 1.54) is 24.3 Å². The van der Waals surface area contributed by atoms with E-state index in [1.54, 1.807) is 0 Å². The van der Waals surface area contributed by atoms with Gasteiger partial charge in [0.15, 0.2) is 0 Å². The van der Waals surface area contributed by atoms with E-state index in [9.17, 15) is 0 Å². The molecule has 10 aromatic rings. The van der Waals surface area contributed by atoms with Crippen LogP contribution in [0.1, 0.15) is 58.2 Å². The van der Waals surface area contributed by atoms with Crippen LogP contribution in [-0.4, -0.2) is 9.55 Å². The molecule has 0 bridgehead atoms. The van der Waals surface area contributed by atoms with Gasteiger partial charge in [-0.05, 0) is 123 Å². The molecule has 3 heterocycles. The first kappa shape index (κ1) is 49.1. The van der Waals surface area contributed by atoms with E-state index in [4.69, 9.17) is 9.72 Å². The maximum Gasteiger partial charge on any atom is 0.135 e. The van der Waals surface area contributed by atoms with Crippen LogP contribution in [0.15, 0.2) is 164 Å². The second-order valence-corrected chi connectivity index (χ2v) is 20.5. The predicted octanol–water partition coefficient (Wildman–Crippen LogP) is 17.4. The zero-order valence-electron chi connectivity index (χ0n) is 41.2. The van der Waals surface area contributed by atoms with Crippen LogP contribution in [0.5, 0.6) is 11.5 Å². The minimum Gasteiger partial charge on any atom is -0.509 e. The van der Waals surface area contributed by atoms with Gasteiger partial charge in [0.1, 0.15) is 29.1 Å². The predicted molar refractivity (Wildman–Crippen MR) is 283 cm³/mol. The average molecular weight is 1150 g/mol. The fourth-order valence-corrected chi connectivity index (χ4v) is 9.73. The zero-order valence-corrected chi connectivity index (χ0v) is 43.5. The fourth-order valence-electron chi connectivity index (χ4n) is 9.73. The first-order chi connectivity index (χ1) is 34.5. The fraction of sp³-hybridized carbons (Fsp3) is 0.143. The van der Waals surface area contributed by atoms with Crippen LogP contribution in [0.25, 0.3) is 61.0 Å². The van der Waals surface area contributed by atoms with Gasteiger partial charge in [-0.2, -0.15) is 6.07 Å². The quantitative estimate of drug-likeness (QED) is 0.112. The Balaban J connectivity index is 0.00000611. The van der Waals surface area contributed by atoms with Crippen molar-refractivity contribution in [3.8, 4) is 50.7 Å². The topological polar surface area (TPSA) is 33.5 Å². The number of halogens is 4. The summed E-state index contributed by atoms with van der Waals surface area (Å²) in [7, 11) is 0. The summed E-state index contributed by atoms with van der Waals surface area (Å²) in [5, 5.41) is 2.06. The molecule has 11 rings (SSSR count). The number of aromatic nitrogens is 2.